The number of likely N-dealkylation sites (tertiary alicyclic amines) is 1. The lowest BCUT2D eigenvalue weighted by molar-refractivity contribution is -0.908. The number of methoxy groups -OCH3 is 1. The van der Waals surface area contributed by atoms with E-state index in [4.69, 9.17) is 4.74 Å². The summed E-state index contributed by atoms with van der Waals surface area (Å²) in [6.45, 7) is 5.42. The minimum Gasteiger partial charge on any atom is -0.494 e. The topological polar surface area (TPSA) is 88.4 Å². The Morgan fingerprint density at radius 3 is 2.48 bits per heavy atom. The second-order valence-electron chi connectivity index (χ2n) is 9.10. The molecular weight excluding hydrogens is 421 g/mol. The lowest BCUT2D eigenvalue weighted by atomic mass is 10.1. The molecule has 2 aliphatic rings. The Balaban J connectivity index is 1.52. The maximum absolute atomic E-state index is 14.2. The maximum atomic E-state index is 14.2. The van der Waals surface area contributed by atoms with E-state index >= 15 is 0 Å². The van der Waals surface area contributed by atoms with Crippen LogP contribution in [0.2, 0.25) is 0 Å². The van der Waals surface area contributed by atoms with Crippen LogP contribution < -0.4 is 25.6 Å². The summed E-state index contributed by atoms with van der Waals surface area (Å²) >= 11 is 0. The summed E-state index contributed by atoms with van der Waals surface area (Å²) in [5.74, 6) is 1.26. The number of aromatic nitrogens is 3. The molecule has 1 aliphatic heterocycles. The molecule has 0 spiro atoms. The standard InChI is InChI=1S/C24H36FN7O/c1-3-32-14-8-11-19(32)16-26-22-29-23(27-17-9-6-4-5-7-10-17)31-24(30-22)28-18-12-13-21(33-2)20(25)15-18/h12-13,15,17,19H,3-11,14,16H2,1-2H3,(H3,26,27,28,29,30,31)/p+1. The maximum Gasteiger partial charge on any atom is 0.233 e. The Kier molecular flexibility index (Phi) is 8.15. The molecule has 8 nitrogen and oxygen atoms in total. The Bertz CT molecular complexity index is 904. The predicted octanol–water partition coefficient (Wildman–Crippen LogP) is 3.38. The Hall–Kier alpha value is -2.68. The van der Waals surface area contributed by atoms with E-state index in [1.165, 1.54) is 58.2 Å². The highest BCUT2D eigenvalue weighted by molar-refractivity contribution is 5.57. The number of benzene rings is 1. The third-order valence-corrected chi connectivity index (χ3v) is 6.82. The van der Waals surface area contributed by atoms with E-state index < -0.39 is 5.82 Å². The highest BCUT2D eigenvalue weighted by Gasteiger charge is 2.27. The minimum absolute atomic E-state index is 0.203. The molecule has 1 aromatic heterocycles. The van der Waals surface area contributed by atoms with Crippen molar-refractivity contribution in [3.63, 3.8) is 0 Å². The second-order valence-corrected chi connectivity index (χ2v) is 9.10. The van der Waals surface area contributed by atoms with Crippen molar-refractivity contribution in [1.82, 2.24) is 15.0 Å². The van der Waals surface area contributed by atoms with Crippen molar-refractivity contribution in [3.8, 4) is 5.75 Å². The molecule has 180 valence electrons. The van der Waals surface area contributed by atoms with Gasteiger partial charge >= 0.3 is 0 Å². The summed E-state index contributed by atoms with van der Waals surface area (Å²) in [5, 5.41) is 10.1. The fourth-order valence-electron chi connectivity index (χ4n) is 4.97. The molecule has 2 fully saturated rings. The molecule has 1 saturated heterocycles. The summed E-state index contributed by atoms with van der Waals surface area (Å²) < 4.78 is 19.2. The molecule has 1 saturated carbocycles. The summed E-state index contributed by atoms with van der Waals surface area (Å²) in [6, 6.07) is 5.65. The van der Waals surface area contributed by atoms with E-state index in [9.17, 15) is 4.39 Å². The number of ether oxygens (including phenoxy) is 1. The van der Waals surface area contributed by atoms with Gasteiger partial charge in [0.25, 0.3) is 0 Å². The first-order valence-electron chi connectivity index (χ1n) is 12.4. The van der Waals surface area contributed by atoms with Gasteiger partial charge in [-0.1, -0.05) is 25.7 Å². The molecule has 4 rings (SSSR count). The predicted molar refractivity (Wildman–Crippen MR) is 129 cm³/mol. The molecule has 2 unspecified atom stereocenters. The number of hydrogen-bond donors (Lipinski definition) is 4. The molecule has 2 heterocycles. The molecule has 0 amide bonds. The highest BCUT2D eigenvalue weighted by Crippen LogP contribution is 2.24. The van der Waals surface area contributed by atoms with E-state index in [-0.39, 0.29) is 5.75 Å². The van der Waals surface area contributed by atoms with E-state index in [1.54, 1.807) is 17.0 Å². The van der Waals surface area contributed by atoms with Crippen molar-refractivity contribution in [2.24, 2.45) is 0 Å². The monoisotopic (exact) mass is 458 g/mol. The van der Waals surface area contributed by atoms with E-state index in [0.29, 0.717) is 35.6 Å². The fourth-order valence-corrected chi connectivity index (χ4v) is 4.97. The number of likely N-dealkylation sites (N-methyl/N-ethyl adjacent to an activating group) is 1. The lowest BCUT2D eigenvalue weighted by Gasteiger charge is -2.21. The largest absolute Gasteiger partial charge is 0.494 e. The molecule has 0 bridgehead atoms. The van der Waals surface area contributed by atoms with Gasteiger partial charge in [0.05, 0.1) is 26.7 Å². The Labute approximate surface area is 195 Å². The van der Waals surface area contributed by atoms with Crippen molar-refractivity contribution in [3.05, 3.63) is 24.0 Å². The van der Waals surface area contributed by atoms with E-state index in [0.717, 1.165) is 25.9 Å². The summed E-state index contributed by atoms with van der Waals surface area (Å²) in [6.07, 6.45) is 9.74. The minimum atomic E-state index is -0.435. The molecule has 0 radical (unpaired) electrons. The zero-order valence-corrected chi connectivity index (χ0v) is 19.8. The first-order valence-corrected chi connectivity index (χ1v) is 12.4. The van der Waals surface area contributed by atoms with Crippen LogP contribution in [0.25, 0.3) is 0 Å². The van der Waals surface area contributed by atoms with Gasteiger partial charge in [-0.15, -0.1) is 0 Å². The van der Waals surface area contributed by atoms with Gasteiger partial charge in [0.1, 0.15) is 6.04 Å². The summed E-state index contributed by atoms with van der Waals surface area (Å²) in [5.41, 5.74) is 0.559. The van der Waals surface area contributed by atoms with Crippen molar-refractivity contribution < 1.29 is 14.0 Å². The fraction of sp³-hybridized carbons (Fsp3) is 0.625. The average Bonchev–Trinajstić information content (AvgIpc) is 3.12. The number of nitrogens with zero attached hydrogens (tertiary/aromatic N) is 3. The first kappa shape index (κ1) is 23.5. The number of quaternary nitrogens is 1. The van der Waals surface area contributed by atoms with Gasteiger partial charge in [-0.25, -0.2) is 4.39 Å². The summed E-state index contributed by atoms with van der Waals surface area (Å²) in [4.78, 5) is 15.5. The zero-order chi connectivity index (χ0) is 23.0. The second kappa shape index (κ2) is 11.4. The first-order chi connectivity index (χ1) is 16.1. The van der Waals surface area contributed by atoms with Gasteiger partial charge in [0, 0.05) is 30.6 Å². The van der Waals surface area contributed by atoms with Gasteiger partial charge in [-0.05, 0) is 31.9 Å². The molecule has 4 N–H and O–H groups in total. The lowest BCUT2D eigenvalue weighted by Crippen LogP contribution is -3.14. The smallest absolute Gasteiger partial charge is 0.233 e. The van der Waals surface area contributed by atoms with Crippen LogP contribution in [0.4, 0.5) is 27.9 Å². The number of halogens is 1. The van der Waals surface area contributed by atoms with Crippen molar-refractivity contribution >= 4 is 23.5 Å². The van der Waals surface area contributed by atoms with E-state index in [2.05, 4.69) is 37.8 Å². The van der Waals surface area contributed by atoms with Gasteiger partial charge < -0.3 is 25.6 Å². The molecule has 9 heteroatoms. The van der Waals surface area contributed by atoms with E-state index in [1.807, 2.05) is 0 Å². The van der Waals surface area contributed by atoms with Crippen LogP contribution in [0.1, 0.15) is 58.3 Å². The van der Waals surface area contributed by atoms with Gasteiger partial charge in [-0.2, -0.15) is 15.0 Å². The van der Waals surface area contributed by atoms with Crippen molar-refractivity contribution in [2.75, 3.05) is 42.7 Å². The number of hydrogen-bond acceptors (Lipinski definition) is 7. The number of rotatable bonds is 9. The van der Waals surface area contributed by atoms with Crippen molar-refractivity contribution in [1.29, 1.82) is 0 Å². The SMILES string of the molecule is CC[NH+]1CCCC1CNc1nc(Nc2ccc(OC)c(F)c2)nc(NC2CCCCCC2)n1. The zero-order valence-electron chi connectivity index (χ0n) is 19.8. The van der Waals surface area contributed by atoms with Crippen molar-refractivity contribution in [2.45, 2.75) is 70.4 Å². The average molecular weight is 459 g/mol. The quantitative estimate of drug-likeness (QED) is 0.429. The highest BCUT2D eigenvalue weighted by atomic mass is 19.1. The molecule has 2 aromatic rings. The van der Waals surface area contributed by atoms with Crippen LogP contribution in [0, 0.1) is 5.82 Å². The Morgan fingerprint density at radius 2 is 1.76 bits per heavy atom. The third-order valence-electron chi connectivity index (χ3n) is 6.82. The molecule has 1 aliphatic carbocycles. The number of anilines is 4. The van der Waals surface area contributed by atoms with Crippen LogP contribution in [0.5, 0.6) is 5.75 Å². The molecule has 2 atom stereocenters. The van der Waals surface area contributed by atoms with Crippen LogP contribution in [-0.2, 0) is 0 Å². The van der Waals surface area contributed by atoms with Gasteiger partial charge in [-0.3, -0.25) is 0 Å². The molecule has 1 aromatic carbocycles. The molecular formula is C24H37FN7O+. The van der Waals surface area contributed by atoms with Crippen LogP contribution in [-0.4, -0.2) is 53.8 Å². The summed E-state index contributed by atoms with van der Waals surface area (Å²) in [7, 11) is 1.45. The normalized spacial score (nSPS) is 21.4. The van der Waals surface area contributed by atoms with Gasteiger partial charge in [0.2, 0.25) is 17.8 Å². The number of nitrogens with one attached hydrogen (secondary N) is 4. The molecule has 33 heavy (non-hydrogen) atoms. The van der Waals surface area contributed by atoms with Gasteiger partial charge in [0.15, 0.2) is 11.6 Å². The third kappa shape index (κ3) is 6.43. The van der Waals surface area contributed by atoms with Crippen LogP contribution >= 0.6 is 0 Å². The van der Waals surface area contributed by atoms with Crippen LogP contribution in [0.3, 0.4) is 0 Å². The van der Waals surface area contributed by atoms with Crippen LogP contribution in [0.15, 0.2) is 18.2 Å². The Morgan fingerprint density at radius 1 is 1.00 bits per heavy atom.